The van der Waals surface area contributed by atoms with E-state index in [-0.39, 0.29) is 6.61 Å². The summed E-state index contributed by atoms with van der Waals surface area (Å²) in [7, 11) is 2.01. The van der Waals surface area contributed by atoms with Crippen molar-refractivity contribution in [2.24, 2.45) is 0 Å². The van der Waals surface area contributed by atoms with E-state index in [2.05, 4.69) is 20.9 Å². The maximum atomic E-state index is 9.40. The number of benzene rings is 1. The number of nitrogens with zero attached hydrogens (tertiary/aromatic N) is 3. The van der Waals surface area contributed by atoms with Gasteiger partial charge >= 0.3 is 0 Å². The molecule has 21 heavy (non-hydrogen) atoms. The molecule has 0 bridgehead atoms. The summed E-state index contributed by atoms with van der Waals surface area (Å²) in [5, 5.41) is 11.6. The van der Waals surface area contributed by atoms with Gasteiger partial charge in [-0.05, 0) is 29.1 Å². The van der Waals surface area contributed by atoms with Crippen LogP contribution in [-0.2, 0) is 13.2 Å². The lowest BCUT2D eigenvalue weighted by Crippen LogP contribution is -2.18. The average molecular weight is 279 g/mol. The number of fused-ring (bicyclic) bond motifs is 1. The van der Waals surface area contributed by atoms with Gasteiger partial charge in [-0.3, -0.25) is 4.98 Å². The molecule has 0 amide bonds. The summed E-state index contributed by atoms with van der Waals surface area (Å²) in [6.07, 6.45) is 3.58. The monoisotopic (exact) mass is 279 g/mol. The SMILES string of the molecule is CN(Cc1ccncc1)c1nc(CO)cc2ccccc12. The van der Waals surface area contributed by atoms with Crippen LogP contribution in [0.4, 0.5) is 5.82 Å². The molecule has 2 heterocycles. The number of aliphatic hydroxyl groups excluding tert-OH is 1. The fourth-order valence-corrected chi connectivity index (χ4v) is 2.44. The Morgan fingerprint density at radius 1 is 1.10 bits per heavy atom. The number of anilines is 1. The highest BCUT2D eigenvalue weighted by Gasteiger charge is 2.10. The van der Waals surface area contributed by atoms with E-state index in [4.69, 9.17) is 0 Å². The van der Waals surface area contributed by atoms with Crippen LogP contribution in [0.5, 0.6) is 0 Å². The van der Waals surface area contributed by atoms with Gasteiger partial charge in [0.15, 0.2) is 0 Å². The number of aromatic nitrogens is 2. The molecule has 0 aliphatic carbocycles. The lowest BCUT2D eigenvalue weighted by molar-refractivity contribution is 0.277. The molecule has 0 spiro atoms. The van der Waals surface area contributed by atoms with E-state index in [0.717, 1.165) is 23.1 Å². The van der Waals surface area contributed by atoms with E-state index in [1.165, 1.54) is 5.56 Å². The molecule has 0 fully saturated rings. The van der Waals surface area contributed by atoms with E-state index >= 15 is 0 Å². The Morgan fingerprint density at radius 2 is 1.86 bits per heavy atom. The van der Waals surface area contributed by atoms with Crippen LogP contribution in [0.1, 0.15) is 11.3 Å². The fourth-order valence-electron chi connectivity index (χ4n) is 2.44. The third-order valence-corrected chi connectivity index (χ3v) is 3.47. The molecule has 0 radical (unpaired) electrons. The summed E-state index contributed by atoms with van der Waals surface area (Å²) in [4.78, 5) is 10.7. The number of pyridine rings is 2. The standard InChI is InChI=1S/C17H17N3O/c1-20(11-13-6-8-18-9-7-13)17-16-5-3-2-4-14(16)10-15(12-21)19-17/h2-10,21H,11-12H2,1H3. The van der Waals surface area contributed by atoms with Gasteiger partial charge in [0.25, 0.3) is 0 Å². The van der Waals surface area contributed by atoms with E-state index in [0.29, 0.717) is 5.69 Å². The van der Waals surface area contributed by atoms with Gasteiger partial charge in [-0.15, -0.1) is 0 Å². The summed E-state index contributed by atoms with van der Waals surface area (Å²) >= 11 is 0. The van der Waals surface area contributed by atoms with Gasteiger partial charge in [-0.1, -0.05) is 24.3 Å². The van der Waals surface area contributed by atoms with Crippen molar-refractivity contribution >= 4 is 16.6 Å². The minimum Gasteiger partial charge on any atom is -0.390 e. The Morgan fingerprint density at radius 3 is 2.62 bits per heavy atom. The van der Waals surface area contributed by atoms with Crippen LogP contribution in [0.15, 0.2) is 54.9 Å². The normalized spacial score (nSPS) is 10.8. The Balaban J connectivity index is 2.02. The summed E-state index contributed by atoms with van der Waals surface area (Å²) < 4.78 is 0. The van der Waals surface area contributed by atoms with Crippen molar-refractivity contribution in [2.45, 2.75) is 13.2 Å². The molecule has 3 rings (SSSR count). The Hall–Kier alpha value is -2.46. The highest BCUT2D eigenvalue weighted by molar-refractivity contribution is 5.92. The molecule has 106 valence electrons. The highest BCUT2D eigenvalue weighted by Crippen LogP contribution is 2.26. The lowest BCUT2D eigenvalue weighted by Gasteiger charge is -2.21. The van der Waals surface area contributed by atoms with Crippen molar-refractivity contribution in [3.63, 3.8) is 0 Å². The first-order valence-electron chi connectivity index (χ1n) is 6.87. The summed E-state index contributed by atoms with van der Waals surface area (Å²) in [6, 6.07) is 14.0. The molecule has 0 saturated carbocycles. The molecule has 4 nitrogen and oxygen atoms in total. The maximum Gasteiger partial charge on any atom is 0.136 e. The minimum atomic E-state index is -0.0546. The predicted octanol–water partition coefficient (Wildman–Crippen LogP) is 2.76. The van der Waals surface area contributed by atoms with Gasteiger partial charge in [0.2, 0.25) is 0 Å². The predicted molar refractivity (Wildman–Crippen MR) is 84.0 cm³/mol. The van der Waals surface area contributed by atoms with Gasteiger partial charge in [0, 0.05) is 31.4 Å². The van der Waals surface area contributed by atoms with Crippen LogP contribution in [-0.4, -0.2) is 22.1 Å². The van der Waals surface area contributed by atoms with Gasteiger partial charge in [-0.2, -0.15) is 0 Å². The first-order chi connectivity index (χ1) is 10.3. The molecule has 0 aliphatic rings. The highest BCUT2D eigenvalue weighted by atomic mass is 16.3. The first-order valence-corrected chi connectivity index (χ1v) is 6.87. The smallest absolute Gasteiger partial charge is 0.136 e. The molecular weight excluding hydrogens is 262 g/mol. The molecule has 1 aromatic carbocycles. The Bertz CT molecular complexity index is 743. The second-order valence-corrected chi connectivity index (χ2v) is 5.03. The van der Waals surface area contributed by atoms with Gasteiger partial charge < -0.3 is 10.0 Å². The zero-order valence-electron chi connectivity index (χ0n) is 11.9. The third kappa shape index (κ3) is 2.85. The molecule has 3 aromatic rings. The van der Waals surface area contributed by atoms with Crippen LogP contribution in [0.25, 0.3) is 10.8 Å². The van der Waals surface area contributed by atoms with E-state index in [9.17, 15) is 5.11 Å². The quantitative estimate of drug-likeness (QED) is 0.798. The molecule has 0 unspecified atom stereocenters. The molecule has 2 aromatic heterocycles. The summed E-state index contributed by atoms with van der Waals surface area (Å²) in [5.74, 6) is 0.883. The zero-order chi connectivity index (χ0) is 14.7. The molecule has 4 heteroatoms. The Kier molecular flexibility index (Phi) is 3.79. The first kappa shape index (κ1) is 13.5. The Labute approximate surface area is 123 Å². The second kappa shape index (κ2) is 5.89. The number of hydrogen-bond acceptors (Lipinski definition) is 4. The van der Waals surface area contributed by atoms with Crippen molar-refractivity contribution in [3.05, 3.63) is 66.1 Å². The largest absolute Gasteiger partial charge is 0.390 e. The summed E-state index contributed by atoms with van der Waals surface area (Å²) in [6.45, 7) is 0.690. The van der Waals surface area contributed by atoms with Crippen molar-refractivity contribution in [1.29, 1.82) is 0 Å². The van der Waals surface area contributed by atoms with E-state index < -0.39 is 0 Å². The minimum absolute atomic E-state index is 0.0546. The fraction of sp³-hybridized carbons (Fsp3) is 0.176. The van der Waals surface area contributed by atoms with Gasteiger partial charge in [0.1, 0.15) is 5.82 Å². The molecule has 1 N–H and O–H groups in total. The number of rotatable bonds is 4. The maximum absolute atomic E-state index is 9.40. The van der Waals surface area contributed by atoms with Crippen LogP contribution in [0, 0.1) is 0 Å². The topological polar surface area (TPSA) is 49.2 Å². The van der Waals surface area contributed by atoms with Crippen molar-refractivity contribution in [2.75, 3.05) is 11.9 Å². The van der Waals surface area contributed by atoms with E-state index in [1.807, 2.05) is 43.4 Å². The second-order valence-electron chi connectivity index (χ2n) is 5.03. The van der Waals surface area contributed by atoms with E-state index in [1.54, 1.807) is 12.4 Å². The molecular formula is C17H17N3O. The zero-order valence-corrected chi connectivity index (χ0v) is 11.9. The average Bonchev–Trinajstić information content (AvgIpc) is 2.54. The molecule has 0 saturated heterocycles. The van der Waals surface area contributed by atoms with Crippen LogP contribution in [0.2, 0.25) is 0 Å². The lowest BCUT2D eigenvalue weighted by atomic mass is 10.1. The molecule has 0 atom stereocenters. The number of aliphatic hydroxyl groups is 1. The van der Waals surface area contributed by atoms with Crippen LogP contribution >= 0.6 is 0 Å². The molecule has 0 aliphatic heterocycles. The van der Waals surface area contributed by atoms with Crippen molar-refractivity contribution in [3.8, 4) is 0 Å². The summed E-state index contributed by atoms with van der Waals surface area (Å²) in [5.41, 5.74) is 1.86. The van der Waals surface area contributed by atoms with Gasteiger partial charge in [-0.25, -0.2) is 4.98 Å². The van der Waals surface area contributed by atoms with Crippen LogP contribution in [0.3, 0.4) is 0 Å². The number of hydrogen-bond donors (Lipinski definition) is 1. The third-order valence-electron chi connectivity index (χ3n) is 3.47. The van der Waals surface area contributed by atoms with Crippen molar-refractivity contribution < 1.29 is 5.11 Å². The van der Waals surface area contributed by atoms with Crippen molar-refractivity contribution in [1.82, 2.24) is 9.97 Å². The van der Waals surface area contributed by atoms with Crippen LogP contribution < -0.4 is 4.90 Å². The van der Waals surface area contributed by atoms with Gasteiger partial charge in [0.05, 0.1) is 12.3 Å².